The molecule has 1 saturated carbocycles. The summed E-state index contributed by atoms with van der Waals surface area (Å²) in [7, 11) is 0.443. The Bertz CT molecular complexity index is 834. The molecule has 1 aliphatic carbocycles. The minimum absolute atomic E-state index is 0.00489. The summed E-state index contributed by atoms with van der Waals surface area (Å²) in [6, 6.07) is 4.48. The molecule has 1 aliphatic rings. The van der Waals surface area contributed by atoms with Crippen LogP contribution in [-0.2, 0) is 20.9 Å². The maximum absolute atomic E-state index is 13.1. The molecule has 0 bridgehead atoms. The first-order valence-electron chi connectivity index (χ1n) is 8.17. The summed E-state index contributed by atoms with van der Waals surface area (Å²) in [5.74, 6) is -0.467. The van der Waals surface area contributed by atoms with Gasteiger partial charge in [0.1, 0.15) is 0 Å². The largest absolute Gasteiger partial charge is 0.416 e. The summed E-state index contributed by atoms with van der Waals surface area (Å²) in [5, 5.41) is 0. The molecule has 0 N–H and O–H groups in total. The molecule has 1 fully saturated rings. The van der Waals surface area contributed by atoms with Crippen molar-refractivity contribution >= 4 is 25.6 Å². The topological polar surface area (TPSA) is 43.4 Å². The number of halogens is 3. The lowest BCUT2D eigenvalue weighted by Gasteiger charge is -2.66. The highest BCUT2D eigenvalue weighted by molar-refractivity contribution is 7.73. The third-order valence-electron chi connectivity index (χ3n) is 6.14. The Kier molecular flexibility index (Phi) is 5.29. The average Bonchev–Trinajstić information content (AvgIpc) is 2.51. The van der Waals surface area contributed by atoms with Gasteiger partial charge >= 0.3 is 6.18 Å². The first kappa shape index (κ1) is 21.2. The Morgan fingerprint density at radius 3 is 2.23 bits per heavy atom. The van der Waals surface area contributed by atoms with Gasteiger partial charge in [-0.3, -0.25) is 0 Å². The number of benzene rings is 1. The van der Waals surface area contributed by atoms with Crippen LogP contribution in [0.15, 0.2) is 24.3 Å². The van der Waals surface area contributed by atoms with Gasteiger partial charge in [-0.2, -0.15) is 21.6 Å². The van der Waals surface area contributed by atoms with Gasteiger partial charge in [-0.25, -0.2) is 0 Å². The first-order chi connectivity index (χ1) is 11.7. The number of hydrogen-bond acceptors (Lipinski definition) is 3. The Hall–Kier alpha value is -1.12. The lowest BCUT2D eigenvalue weighted by atomic mass is 9.42. The summed E-state index contributed by atoms with van der Waals surface area (Å²) in [5.41, 5.74) is -2.42. The number of hydrogen-bond donors (Lipinski definition) is 0. The maximum atomic E-state index is 13.1. The van der Waals surface area contributed by atoms with E-state index >= 15 is 0 Å². The number of alkyl halides is 3. The smallest absolute Gasteiger partial charge is 0.413 e. The van der Waals surface area contributed by atoms with Crippen LogP contribution in [0.2, 0.25) is 0 Å². The predicted octanol–water partition coefficient (Wildman–Crippen LogP) is 4.04. The fourth-order valence-electron chi connectivity index (χ4n) is 4.12. The van der Waals surface area contributed by atoms with Gasteiger partial charge in [0.05, 0.1) is 16.0 Å². The van der Waals surface area contributed by atoms with Crippen LogP contribution in [0.5, 0.6) is 0 Å². The third kappa shape index (κ3) is 3.16. The molecule has 3 unspecified atom stereocenters. The first-order valence-corrected chi connectivity index (χ1v) is 9.66. The van der Waals surface area contributed by atoms with Gasteiger partial charge < -0.3 is 4.43 Å². The van der Waals surface area contributed by atoms with E-state index in [0.29, 0.717) is 6.42 Å². The van der Waals surface area contributed by atoms with Crippen LogP contribution in [0.4, 0.5) is 13.2 Å². The van der Waals surface area contributed by atoms with Crippen molar-refractivity contribution in [3.8, 4) is 0 Å². The Morgan fingerprint density at radius 2 is 1.81 bits per heavy atom. The lowest BCUT2D eigenvalue weighted by Crippen LogP contribution is -2.69. The van der Waals surface area contributed by atoms with Crippen LogP contribution in [0.1, 0.15) is 52.2 Å². The van der Waals surface area contributed by atoms with Crippen molar-refractivity contribution in [3.63, 3.8) is 0 Å². The molecule has 0 saturated heterocycles. The molecule has 0 amide bonds. The van der Waals surface area contributed by atoms with Crippen molar-refractivity contribution in [1.82, 2.24) is 0 Å². The van der Waals surface area contributed by atoms with Gasteiger partial charge in [-0.1, -0.05) is 39.8 Å². The fourth-order valence-corrected chi connectivity index (χ4v) is 5.29. The van der Waals surface area contributed by atoms with Crippen LogP contribution < -0.4 is 0 Å². The standard InChI is InChI=1S/C18H22F3O3SSi/c1-15(2,3)17(5)13(10-16(17,4)24-26)14(25(22)23)11-7-6-8-12(9-11)18(19,20)21/h6-9,13H,10H2,1-5H3. The van der Waals surface area contributed by atoms with Crippen molar-refractivity contribution in [2.75, 3.05) is 0 Å². The molecule has 1 aromatic carbocycles. The molecular formula is C18H22F3O3SSi. The highest BCUT2D eigenvalue weighted by atomic mass is 32.2. The molecule has 0 aromatic heterocycles. The third-order valence-corrected chi connectivity index (χ3v) is 7.47. The normalized spacial score (nSPS) is 29.2. The van der Waals surface area contributed by atoms with Crippen LogP contribution in [0, 0.1) is 16.7 Å². The van der Waals surface area contributed by atoms with Gasteiger partial charge in [0, 0.05) is 11.3 Å². The van der Waals surface area contributed by atoms with Gasteiger partial charge in [-0.05, 0) is 36.5 Å². The van der Waals surface area contributed by atoms with Crippen LogP contribution in [-0.4, -0.2) is 29.4 Å². The van der Waals surface area contributed by atoms with E-state index in [1.165, 1.54) is 12.1 Å². The van der Waals surface area contributed by atoms with Crippen molar-refractivity contribution < 1.29 is 26.0 Å². The van der Waals surface area contributed by atoms with Gasteiger partial charge in [-0.15, -0.1) is 0 Å². The zero-order chi connectivity index (χ0) is 20.1. The summed E-state index contributed by atoms with van der Waals surface area (Å²) in [4.78, 5) is -0.00489. The maximum Gasteiger partial charge on any atom is 0.416 e. The quantitative estimate of drug-likeness (QED) is 0.435. The summed E-state index contributed by atoms with van der Waals surface area (Å²) in [6.45, 7) is 9.71. The summed E-state index contributed by atoms with van der Waals surface area (Å²) in [6.07, 6.45) is -4.16. The van der Waals surface area contributed by atoms with Crippen molar-refractivity contribution in [2.45, 2.75) is 52.8 Å². The Morgan fingerprint density at radius 1 is 1.23 bits per heavy atom. The predicted molar refractivity (Wildman–Crippen MR) is 95.4 cm³/mol. The van der Waals surface area contributed by atoms with E-state index in [9.17, 15) is 21.6 Å². The summed E-state index contributed by atoms with van der Waals surface area (Å²) < 4.78 is 68.8. The highest BCUT2D eigenvalue weighted by Gasteiger charge is 2.66. The summed E-state index contributed by atoms with van der Waals surface area (Å²) >= 11 is 0. The van der Waals surface area contributed by atoms with Crippen LogP contribution in [0.25, 0.3) is 0 Å². The molecule has 3 nitrogen and oxygen atoms in total. The monoisotopic (exact) mass is 403 g/mol. The zero-order valence-corrected chi connectivity index (χ0v) is 17.2. The minimum atomic E-state index is -4.54. The molecule has 3 radical (unpaired) electrons. The van der Waals surface area contributed by atoms with E-state index in [1.54, 1.807) is 0 Å². The minimum Gasteiger partial charge on any atom is -0.413 e. The molecule has 2 rings (SSSR count). The molecule has 1 aromatic rings. The molecule has 0 aliphatic heterocycles. The van der Waals surface area contributed by atoms with E-state index in [0.717, 1.165) is 12.1 Å². The lowest BCUT2D eigenvalue weighted by molar-refractivity contribution is -0.201. The van der Waals surface area contributed by atoms with Gasteiger partial charge in [0.15, 0.2) is 0 Å². The molecule has 143 valence electrons. The van der Waals surface area contributed by atoms with Crippen LogP contribution in [0.3, 0.4) is 0 Å². The molecule has 26 heavy (non-hydrogen) atoms. The highest BCUT2D eigenvalue weighted by Crippen LogP contribution is 2.65. The van der Waals surface area contributed by atoms with Gasteiger partial charge in [0.25, 0.3) is 0 Å². The van der Waals surface area contributed by atoms with E-state index in [-0.39, 0.29) is 15.8 Å². The van der Waals surface area contributed by atoms with Gasteiger partial charge in [0.2, 0.25) is 20.8 Å². The van der Waals surface area contributed by atoms with Crippen LogP contribution >= 0.6 is 0 Å². The second-order valence-corrected chi connectivity index (χ2v) is 9.33. The van der Waals surface area contributed by atoms with E-state index in [4.69, 9.17) is 4.43 Å². The second kappa shape index (κ2) is 6.49. The van der Waals surface area contributed by atoms with E-state index in [1.807, 2.05) is 34.6 Å². The fraction of sp³-hybridized carbons (Fsp3) is 0.611. The molecule has 3 atom stereocenters. The molecule has 8 heteroatoms. The Balaban J connectivity index is 2.63. The Labute approximate surface area is 157 Å². The molecular weight excluding hydrogens is 381 g/mol. The van der Waals surface area contributed by atoms with Crippen molar-refractivity contribution in [2.24, 2.45) is 16.7 Å². The zero-order valence-electron chi connectivity index (χ0n) is 15.4. The second-order valence-electron chi connectivity index (χ2n) is 8.22. The van der Waals surface area contributed by atoms with E-state index in [2.05, 4.69) is 10.5 Å². The molecule has 0 heterocycles. The van der Waals surface area contributed by atoms with Crippen molar-refractivity contribution in [3.05, 3.63) is 35.4 Å². The SMILES string of the molecule is CC(C)(C)C1(C)C(C(c2cccc(C(F)(F)F)c2)=S(=O)=O)CC1(C)O[Si]. The van der Waals surface area contributed by atoms with E-state index < -0.39 is 39.0 Å². The molecule has 0 spiro atoms. The average molecular weight is 404 g/mol. The number of rotatable bonds is 3. The van der Waals surface area contributed by atoms with Crippen molar-refractivity contribution in [1.29, 1.82) is 0 Å².